The fraction of sp³-hybridized carbons (Fsp3) is 0.417. The molecule has 0 aromatic heterocycles. The Morgan fingerprint density at radius 2 is 1.94 bits per heavy atom. The number of hydrogen-bond donors (Lipinski definition) is 2. The first-order valence-electron chi connectivity index (χ1n) is 5.52. The summed E-state index contributed by atoms with van der Waals surface area (Å²) in [6, 6.07) is 7.07. The number of nitrogens with one attached hydrogen (secondary N) is 2. The molecule has 0 aliphatic heterocycles. The molecule has 1 aromatic rings. The largest absolute Gasteiger partial charge is 0.493 e. The monoisotopic (exact) mass is 292 g/mol. The van der Waals surface area contributed by atoms with Crippen LogP contribution in [0.1, 0.15) is 6.42 Å². The molecule has 6 heteroatoms. The smallest absolute Gasteiger partial charge is 0.223 e. The number of carbonyl (C=O) groups is 1. The second kappa shape index (κ2) is 10.00. The molecule has 0 bridgehead atoms. The predicted molar refractivity (Wildman–Crippen MR) is 75.7 cm³/mol. The van der Waals surface area contributed by atoms with Gasteiger partial charge in [0.25, 0.3) is 0 Å². The summed E-state index contributed by atoms with van der Waals surface area (Å²) in [6.07, 6.45) is 0.354. The van der Waals surface area contributed by atoms with Crippen molar-refractivity contribution in [1.82, 2.24) is 10.6 Å². The molecule has 0 aliphatic carbocycles. The number of hydrogen-bond acceptors (Lipinski definition) is 3. The Morgan fingerprint density at radius 1 is 1.28 bits per heavy atom. The molecule has 1 amide bonds. The Hall–Kier alpha value is -0.970. The average molecular weight is 293 g/mol. The van der Waals surface area contributed by atoms with Crippen LogP contribution in [0.4, 0.5) is 0 Å². The van der Waals surface area contributed by atoms with Gasteiger partial charge in [-0.3, -0.25) is 4.79 Å². The van der Waals surface area contributed by atoms with Crippen LogP contribution in [-0.2, 0) is 4.79 Å². The van der Waals surface area contributed by atoms with Gasteiger partial charge in [0.15, 0.2) is 0 Å². The highest BCUT2D eigenvalue weighted by Gasteiger charge is 2.00. The van der Waals surface area contributed by atoms with Gasteiger partial charge in [0.05, 0.1) is 13.0 Å². The van der Waals surface area contributed by atoms with Crippen molar-refractivity contribution in [2.75, 3.05) is 26.7 Å². The second-order valence-electron chi connectivity index (χ2n) is 3.51. The first-order chi connectivity index (χ1) is 8.22. The third kappa shape index (κ3) is 7.37. The maximum Gasteiger partial charge on any atom is 0.223 e. The summed E-state index contributed by atoms with van der Waals surface area (Å²) < 4.78 is 5.40. The van der Waals surface area contributed by atoms with Crippen molar-refractivity contribution in [3.8, 4) is 5.75 Å². The quantitative estimate of drug-likeness (QED) is 0.755. The molecule has 4 nitrogen and oxygen atoms in total. The van der Waals surface area contributed by atoms with Crippen LogP contribution < -0.4 is 15.4 Å². The SMILES string of the molecule is CNCCNC(=O)CCOc1ccc(Cl)cc1.Cl. The fourth-order valence-electron chi connectivity index (χ4n) is 1.21. The summed E-state index contributed by atoms with van der Waals surface area (Å²) in [6.45, 7) is 1.77. The van der Waals surface area contributed by atoms with Gasteiger partial charge in [-0.15, -0.1) is 12.4 Å². The lowest BCUT2D eigenvalue weighted by atomic mass is 10.3. The molecule has 0 radical (unpaired) electrons. The van der Waals surface area contributed by atoms with Crippen molar-refractivity contribution in [2.45, 2.75) is 6.42 Å². The molecule has 0 fully saturated rings. The Balaban J connectivity index is 0.00000289. The van der Waals surface area contributed by atoms with Crippen molar-refractivity contribution < 1.29 is 9.53 Å². The normalized spacial score (nSPS) is 9.44. The second-order valence-corrected chi connectivity index (χ2v) is 3.94. The standard InChI is InChI=1S/C12H17ClN2O2.ClH/c1-14-7-8-15-12(16)6-9-17-11-4-2-10(13)3-5-11;/h2-5,14H,6-9H2,1H3,(H,15,16);1H. The van der Waals surface area contributed by atoms with Gasteiger partial charge < -0.3 is 15.4 Å². The maximum absolute atomic E-state index is 11.3. The van der Waals surface area contributed by atoms with Gasteiger partial charge in [-0.25, -0.2) is 0 Å². The van der Waals surface area contributed by atoms with E-state index in [0.717, 1.165) is 12.3 Å². The molecule has 0 aliphatic rings. The lowest BCUT2D eigenvalue weighted by molar-refractivity contribution is -0.121. The maximum atomic E-state index is 11.3. The van der Waals surface area contributed by atoms with E-state index in [4.69, 9.17) is 16.3 Å². The molecule has 0 heterocycles. The Kier molecular flexibility index (Phi) is 9.46. The summed E-state index contributed by atoms with van der Waals surface area (Å²) in [7, 11) is 1.84. The van der Waals surface area contributed by atoms with E-state index in [1.54, 1.807) is 24.3 Å². The van der Waals surface area contributed by atoms with Crippen molar-refractivity contribution in [1.29, 1.82) is 0 Å². The highest BCUT2D eigenvalue weighted by atomic mass is 35.5. The molecule has 0 saturated carbocycles. The molecule has 0 saturated heterocycles. The Bertz CT molecular complexity index is 344. The van der Waals surface area contributed by atoms with Gasteiger partial charge >= 0.3 is 0 Å². The van der Waals surface area contributed by atoms with Crippen LogP contribution in [0.5, 0.6) is 5.75 Å². The van der Waals surface area contributed by atoms with Crippen LogP contribution in [0.3, 0.4) is 0 Å². The minimum atomic E-state index is -0.00536. The summed E-state index contributed by atoms with van der Waals surface area (Å²) in [5, 5.41) is 6.40. The Morgan fingerprint density at radius 3 is 2.56 bits per heavy atom. The molecule has 1 rings (SSSR count). The van der Waals surface area contributed by atoms with E-state index in [1.165, 1.54) is 0 Å². The topological polar surface area (TPSA) is 50.4 Å². The van der Waals surface area contributed by atoms with Crippen LogP contribution in [0.25, 0.3) is 0 Å². The van der Waals surface area contributed by atoms with E-state index < -0.39 is 0 Å². The van der Waals surface area contributed by atoms with E-state index in [1.807, 2.05) is 7.05 Å². The van der Waals surface area contributed by atoms with Crippen molar-refractivity contribution >= 4 is 29.9 Å². The highest BCUT2D eigenvalue weighted by molar-refractivity contribution is 6.30. The summed E-state index contributed by atoms with van der Waals surface area (Å²) in [5.74, 6) is 0.714. The lowest BCUT2D eigenvalue weighted by Crippen LogP contribution is -2.31. The molecular formula is C12H18Cl2N2O2. The highest BCUT2D eigenvalue weighted by Crippen LogP contribution is 2.15. The minimum Gasteiger partial charge on any atom is -0.493 e. The van der Waals surface area contributed by atoms with Gasteiger partial charge in [0, 0.05) is 18.1 Å². The first-order valence-corrected chi connectivity index (χ1v) is 5.90. The number of rotatable bonds is 7. The van der Waals surface area contributed by atoms with E-state index in [-0.39, 0.29) is 18.3 Å². The average Bonchev–Trinajstić information content (AvgIpc) is 2.32. The van der Waals surface area contributed by atoms with Gasteiger partial charge in [0.2, 0.25) is 5.91 Å². The van der Waals surface area contributed by atoms with E-state index in [2.05, 4.69) is 10.6 Å². The van der Waals surface area contributed by atoms with Crippen molar-refractivity contribution in [2.24, 2.45) is 0 Å². The lowest BCUT2D eigenvalue weighted by Gasteiger charge is -2.07. The van der Waals surface area contributed by atoms with Crippen molar-refractivity contribution in [3.63, 3.8) is 0 Å². The molecular weight excluding hydrogens is 275 g/mol. The molecule has 1 aromatic carbocycles. The molecule has 0 atom stereocenters. The number of ether oxygens (including phenoxy) is 1. The number of halogens is 2. The summed E-state index contributed by atoms with van der Waals surface area (Å²) in [5.41, 5.74) is 0. The van der Waals surface area contributed by atoms with Crippen LogP contribution in [0.2, 0.25) is 5.02 Å². The molecule has 102 valence electrons. The third-order valence-electron chi connectivity index (χ3n) is 2.11. The number of likely N-dealkylation sites (N-methyl/N-ethyl adjacent to an activating group) is 1. The van der Waals surface area contributed by atoms with Gasteiger partial charge in [0.1, 0.15) is 5.75 Å². The van der Waals surface area contributed by atoms with Crippen LogP contribution in [0, 0.1) is 0 Å². The molecule has 2 N–H and O–H groups in total. The molecule has 0 spiro atoms. The van der Waals surface area contributed by atoms with E-state index in [9.17, 15) is 4.79 Å². The minimum absolute atomic E-state index is 0. The first kappa shape index (κ1) is 17.0. The molecule has 18 heavy (non-hydrogen) atoms. The predicted octanol–water partition coefficient (Wildman–Crippen LogP) is 1.87. The zero-order valence-electron chi connectivity index (χ0n) is 10.2. The number of amides is 1. The Labute approximate surface area is 118 Å². The van der Waals surface area contributed by atoms with Gasteiger partial charge in [-0.2, -0.15) is 0 Å². The molecule has 0 unspecified atom stereocenters. The van der Waals surface area contributed by atoms with Crippen molar-refractivity contribution in [3.05, 3.63) is 29.3 Å². The van der Waals surface area contributed by atoms with Crippen LogP contribution in [-0.4, -0.2) is 32.7 Å². The number of carbonyl (C=O) groups excluding carboxylic acids is 1. The zero-order chi connectivity index (χ0) is 12.5. The third-order valence-corrected chi connectivity index (χ3v) is 2.36. The fourth-order valence-corrected chi connectivity index (χ4v) is 1.33. The van der Waals surface area contributed by atoms with Crippen LogP contribution >= 0.6 is 24.0 Å². The summed E-state index contributed by atoms with van der Waals surface area (Å²) >= 11 is 5.74. The van der Waals surface area contributed by atoms with Gasteiger partial charge in [-0.1, -0.05) is 11.6 Å². The summed E-state index contributed by atoms with van der Waals surface area (Å²) in [4.78, 5) is 11.3. The zero-order valence-corrected chi connectivity index (χ0v) is 11.8. The van der Waals surface area contributed by atoms with Crippen LogP contribution in [0.15, 0.2) is 24.3 Å². The van der Waals surface area contributed by atoms with E-state index >= 15 is 0 Å². The number of benzene rings is 1. The van der Waals surface area contributed by atoms with E-state index in [0.29, 0.717) is 24.6 Å². The van der Waals surface area contributed by atoms with Gasteiger partial charge in [-0.05, 0) is 31.3 Å².